The predicted molar refractivity (Wildman–Crippen MR) is 97.3 cm³/mol. The van der Waals surface area contributed by atoms with Crippen LogP contribution in [0.4, 0.5) is 9.93 Å². The van der Waals surface area contributed by atoms with E-state index in [0.29, 0.717) is 10.8 Å². The van der Waals surface area contributed by atoms with Crippen molar-refractivity contribution in [1.82, 2.24) is 15.2 Å². The van der Waals surface area contributed by atoms with Crippen molar-refractivity contribution in [2.45, 2.75) is 77.9 Å². The van der Waals surface area contributed by atoms with E-state index in [4.69, 9.17) is 0 Å². The number of carbonyl (C=O) groups excluding carboxylic acids is 2. The molecule has 1 fully saturated rings. The number of nitrogens with one attached hydrogen (secondary N) is 2. The van der Waals surface area contributed by atoms with Crippen LogP contribution in [0.3, 0.4) is 0 Å². The molecule has 1 aliphatic carbocycles. The molecule has 7 heteroatoms. The van der Waals surface area contributed by atoms with Crippen LogP contribution in [-0.4, -0.2) is 39.9 Å². The van der Waals surface area contributed by atoms with Crippen LogP contribution < -0.4 is 10.6 Å². The molecule has 1 heterocycles. The van der Waals surface area contributed by atoms with Gasteiger partial charge < -0.3 is 10.2 Å². The largest absolute Gasteiger partial charge is 0.338 e. The molecule has 2 N–H and O–H groups in total. The molecule has 0 unspecified atom stereocenters. The number of hydrogen-bond donors (Lipinski definition) is 2. The highest BCUT2D eigenvalue weighted by molar-refractivity contribution is 7.13. The summed E-state index contributed by atoms with van der Waals surface area (Å²) in [6, 6.07) is 0.383. The Labute approximate surface area is 148 Å². The van der Waals surface area contributed by atoms with Gasteiger partial charge in [-0.15, -0.1) is 11.3 Å². The zero-order valence-electron chi connectivity index (χ0n) is 15.0. The van der Waals surface area contributed by atoms with Gasteiger partial charge >= 0.3 is 6.03 Å². The summed E-state index contributed by atoms with van der Waals surface area (Å²) in [7, 11) is 0. The van der Waals surface area contributed by atoms with Gasteiger partial charge in [-0.2, -0.15) is 0 Å². The topological polar surface area (TPSA) is 74.3 Å². The Bertz CT molecular complexity index is 557. The highest BCUT2D eigenvalue weighted by atomic mass is 32.1. The first-order valence-corrected chi connectivity index (χ1v) is 9.58. The maximum Gasteiger partial charge on any atom is 0.321 e. The summed E-state index contributed by atoms with van der Waals surface area (Å²) in [6.45, 7) is 8.05. The van der Waals surface area contributed by atoms with Gasteiger partial charge in [0.05, 0.1) is 12.1 Å². The van der Waals surface area contributed by atoms with Crippen molar-refractivity contribution in [1.29, 1.82) is 0 Å². The van der Waals surface area contributed by atoms with E-state index < -0.39 is 0 Å². The number of thiazole rings is 1. The molecule has 0 aromatic carbocycles. The van der Waals surface area contributed by atoms with Gasteiger partial charge in [-0.25, -0.2) is 9.78 Å². The normalized spacial score (nSPS) is 15.1. The SMILES string of the molecule is CC(C)N(C(=O)Cc1csc(NC(=O)NC2CCCC2)n1)C(C)C. The zero-order valence-corrected chi connectivity index (χ0v) is 15.8. The van der Waals surface area contributed by atoms with Crippen molar-refractivity contribution in [2.24, 2.45) is 0 Å². The van der Waals surface area contributed by atoms with Crippen molar-refractivity contribution in [3.05, 3.63) is 11.1 Å². The number of carbonyl (C=O) groups is 2. The maximum absolute atomic E-state index is 12.4. The maximum atomic E-state index is 12.4. The highest BCUT2D eigenvalue weighted by Crippen LogP contribution is 2.19. The highest BCUT2D eigenvalue weighted by Gasteiger charge is 2.21. The van der Waals surface area contributed by atoms with Crippen LogP contribution in [0.25, 0.3) is 0 Å². The molecule has 134 valence electrons. The van der Waals surface area contributed by atoms with Crippen LogP contribution in [0, 0.1) is 0 Å². The summed E-state index contributed by atoms with van der Waals surface area (Å²) < 4.78 is 0. The lowest BCUT2D eigenvalue weighted by molar-refractivity contribution is -0.134. The first-order chi connectivity index (χ1) is 11.4. The molecule has 1 saturated carbocycles. The summed E-state index contributed by atoms with van der Waals surface area (Å²) >= 11 is 1.35. The molecule has 0 radical (unpaired) electrons. The second-order valence-electron chi connectivity index (χ2n) is 6.89. The van der Waals surface area contributed by atoms with Gasteiger partial charge in [-0.05, 0) is 40.5 Å². The fraction of sp³-hybridized carbons (Fsp3) is 0.706. The molecule has 0 spiro atoms. The van der Waals surface area contributed by atoms with E-state index in [0.717, 1.165) is 12.8 Å². The summed E-state index contributed by atoms with van der Waals surface area (Å²) in [5, 5.41) is 8.11. The summed E-state index contributed by atoms with van der Waals surface area (Å²) in [5.74, 6) is 0.0623. The Morgan fingerprint density at radius 1 is 1.25 bits per heavy atom. The third-order valence-corrected chi connectivity index (χ3v) is 5.00. The number of rotatable bonds is 6. The molecule has 1 aliphatic rings. The Kier molecular flexibility index (Phi) is 6.60. The predicted octanol–water partition coefficient (Wildman–Crippen LogP) is 3.40. The summed E-state index contributed by atoms with van der Waals surface area (Å²) in [4.78, 5) is 30.6. The van der Waals surface area contributed by atoms with Crippen LogP contribution in [-0.2, 0) is 11.2 Å². The van der Waals surface area contributed by atoms with Crippen LogP contribution in [0.5, 0.6) is 0 Å². The lowest BCUT2D eigenvalue weighted by Gasteiger charge is -2.30. The fourth-order valence-electron chi connectivity index (χ4n) is 3.25. The van der Waals surface area contributed by atoms with Crippen molar-refractivity contribution in [2.75, 3.05) is 5.32 Å². The zero-order chi connectivity index (χ0) is 17.7. The standard InChI is InChI=1S/C17H28N4O2S/c1-11(2)21(12(3)4)15(22)9-14-10-24-17(19-14)20-16(23)18-13-7-5-6-8-13/h10-13H,5-9H2,1-4H3,(H2,18,19,20,23). The molecule has 0 saturated heterocycles. The molecule has 3 amide bonds. The monoisotopic (exact) mass is 352 g/mol. The Balaban J connectivity index is 1.88. The van der Waals surface area contributed by atoms with Gasteiger partial charge in [0.1, 0.15) is 0 Å². The minimum absolute atomic E-state index is 0.0623. The van der Waals surface area contributed by atoms with Gasteiger partial charge in [0, 0.05) is 23.5 Å². The van der Waals surface area contributed by atoms with Gasteiger partial charge in [-0.3, -0.25) is 10.1 Å². The smallest absolute Gasteiger partial charge is 0.321 e. The molecule has 6 nitrogen and oxygen atoms in total. The molecule has 0 bridgehead atoms. The third kappa shape index (κ3) is 5.19. The van der Waals surface area contributed by atoms with Gasteiger partial charge in [0.2, 0.25) is 5.91 Å². The Morgan fingerprint density at radius 3 is 2.46 bits per heavy atom. The Morgan fingerprint density at radius 2 is 1.88 bits per heavy atom. The molecule has 1 aromatic heterocycles. The Hall–Kier alpha value is -1.63. The third-order valence-electron chi connectivity index (χ3n) is 4.20. The van der Waals surface area contributed by atoms with Crippen molar-refractivity contribution in [3.8, 4) is 0 Å². The minimum atomic E-state index is -0.208. The number of hydrogen-bond acceptors (Lipinski definition) is 4. The van der Waals surface area contributed by atoms with Gasteiger partial charge in [-0.1, -0.05) is 12.8 Å². The second kappa shape index (κ2) is 8.46. The number of anilines is 1. The lowest BCUT2D eigenvalue weighted by Crippen LogP contribution is -2.42. The van der Waals surface area contributed by atoms with Crippen molar-refractivity contribution < 1.29 is 9.59 Å². The minimum Gasteiger partial charge on any atom is -0.338 e. The van der Waals surface area contributed by atoms with E-state index in [-0.39, 0.29) is 36.5 Å². The van der Waals surface area contributed by atoms with Gasteiger partial charge in [0.25, 0.3) is 0 Å². The molecular formula is C17H28N4O2S. The van der Waals surface area contributed by atoms with Crippen LogP contribution in [0.2, 0.25) is 0 Å². The van der Waals surface area contributed by atoms with Crippen molar-refractivity contribution in [3.63, 3.8) is 0 Å². The number of nitrogens with zero attached hydrogens (tertiary/aromatic N) is 2. The quantitative estimate of drug-likeness (QED) is 0.824. The van der Waals surface area contributed by atoms with E-state index in [1.54, 1.807) is 0 Å². The van der Waals surface area contributed by atoms with Crippen LogP contribution >= 0.6 is 11.3 Å². The summed E-state index contributed by atoms with van der Waals surface area (Å²) in [5.41, 5.74) is 0.701. The average Bonchev–Trinajstić information content (AvgIpc) is 3.10. The van der Waals surface area contributed by atoms with E-state index in [9.17, 15) is 9.59 Å². The number of aromatic nitrogens is 1. The lowest BCUT2D eigenvalue weighted by atomic mass is 10.2. The first kappa shape index (κ1) is 18.7. The number of urea groups is 1. The molecule has 0 aliphatic heterocycles. The van der Waals surface area contributed by atoms with E-state index in [2.05, 4.69) is 15.6 Å². The van der Waals surface area contributed by atoms with Crippen LogP contribution in [0.15, 0.2) is 5.38 Å². The molecule has 24 heavy (non-hydrogen) atoms. The van der Waals surface area contributed by atoms with E-state index in [1.165, 1.54) is 24.2 Å². The molecule has 1 aromatic rings. The molecular weight excluding hydrogens is 324 g/mol. The van der Waals surface area contributed by atoms with Crippen molar-refractivity contribution >= 4 is 28.4 Å². The van der Waals surface area contributed by atoms with Gasteiger partial charge in [0.15, 0.2) is 5.13 Å². The molecule has 2 rings (SSSR count). The number of amides is 3. The van der Waals surface area contributed by atoms with Crippen LogP contribution in [0.1, 0.15) is 59.1 Å². The summed E-state index contributed by atoms with van der Waals surface area (Å²) in [6.07, 6.45) is 4.71. The second-order valence-corrected chi connectivity index (χ2v) is 7.75. The fourth-order valence-corrected chi connectivity index (χ4v) is 3.96. The average molecular weight is 353 g/mol. The van der Waals surface area contributed by atoms with E-state index in [1.807, 2.05) is 38.0 Å². The molecule has 0 atom stereocenters. The first-order valence-electron chi connectivity index (χ1n) is 8.70. The van der Waals surface area contributed by atoms with E-state index >= 15 is 0 Å².